The van der Waals surface area contributed by atoms with Gasteiger partial charge in [0.2, 0.25) is 106 Å². The molecule has 788 valence electrons. The molecule has 0 aromatic carbocycles. The number of hydrogen-bond acceptors (Lipinski definition) is 33. The summed E-state index contributed by atoms with van der Waals surface area (Å²) in [5.41, 5.74) is 50.8. The number of nitrogens with zero attached hydrogens (tertiary/aromatic N) is 5. The summed E-state index contributed by atoms with van der Waals surface area (Å²) in [5.74, 6) is -25.0. The van der Waals surface area contributed by atoms with Crippen molar-refractivity contribution in [3.05, 3.63) is 0 Å². The van der Waals surface area contributed by atoms with E-state index in [1.807, 2.05) is 5.32 Å². The van der Waals surface area contributed by atoms with Crippen molar-refractivity contribution in [3.63, 3.8) is 0 Å². The summed E-state index contributed by atoms with van der Waals surface area (Å²) in [6, 6.07) is -28.3. The van der Waals surface area contributed by atoms with Crippen molar-refractivity contribution in [3.8, 4) is 0 Å². The van der Waals surface area contributed by atoms with E-state index < -0.39 is 303 Å². The highest BCUT2D eigenvalue weighted by Crippen LogP contribution is 2.30. The van der Waals surface area contributed by atoms with Crippen molar-refractivity contribution in [2.24, 2.45) is 62.5 Å². The molecule has 4 rings (SSSR count). The summed E-state index contributed by atoms with van der Waals surface area (Å²) in [5, 5.41) is 81.1. The van der Waals surface area contributed by atoms with Crippen molar-refractivity contribution in [2.75, 3.05) is 77.6 Å². The Morgan fingerprint density at radius 3 is 1.20 bits per heavy atom. The van der Waals surface area contributed by atoms with Crippen molar-refractivity contribution >= 4 is 148 Å². The number of nitrogens with one attached hydrogen (secondary N) is 12. The molecule has 0 radical (unpaired) electrons. The Kier molecular flexibility index (Phi) is 52.7. The lowest BCUT2D eigenvalue weighted by molar-refractivity contribution is -0.168. The summed E-state index contributed by atoms with van der Waals surface area (Å²) in [6.07, 6.45) is -2.56. The van der Waals surface area contributed by atoms with Crippen LogP contribution in [0, 0.1) is 5.92 Å². The van der Waals surface area contributed by atoms with E-state index in [1.54, 1.807) is 20.1 Å². The van der Waals surface area contributed by atoms with Gasteiger partial charge in [0.25, 0.3) is 0 Å². The van der Waals surface area contributed by atoms with Gasteiger partial charge in [-0.2, -0.15) is 11.8 Å². The van der Waals surface area contributed by atoms with Crippen LogP contribution in [0.3, 0.4) is 0 Å². The Morgan fingerprint density at radius 2 is 0.750 bits per heavy atom. The number of aliphatic carboxylic acids is 2. The number of aliphatic imine (C=N–C) groups is 1. The van der Waals surface area contributed by atoms with Crippen LogP contribution in [0.4, 0.5) is 0 Å². The highest BCUT2D eigenvalue weighted by molar-refractivity contribution is 7.98. The van der Waals surface area contributed by atoms with Gasteiger partial charge >= 0.3 is 23.9 Å². The predicted octanol–water partition coefficient (Wildman–Crippen LogP) is -11.8. The van der Waals surface area contributed by atoms with Crippen LogP contribution in [0.1, 0.15) is 195 Å². The molecule has 0 aliphatic carbocycles. The number of carbonyl (C=O) groups is 22. The van der Waals surface area contributed by atoms with Gasteiger partial charge in [-0.1, -0.05) is 20.3 Å². The zero-order chi connectivity index (χ0) is 105. The first-order valence-corrected chi connectivity index (χ1v) is 48.3. The second-order valence-corrected chi connectivity index (χ2v) is 36.1. The number of amides is 18. The minimum Gasteiger partial charge on any atom is -0.481 e. The van der Waals surface area contributed by atoms with Gasteiger partial charge in [-0.3, -0.25) is 101 Å². The van der Waals surface area contributed by atoms with Crippen LogP contribution in [-0.2, 0) is 110 Å². The Morgan fingerprint density at radius 1 is 0.393 bits per heavy atom. The highest BCUT2D eigenvalue weighted by Gasteiger charge is 2.49. The number of aliphatic hydroxyl groups is 3. The number of carboxylic acid groups (broad SMARTS) is 2. The molecule has 4 saturated heterocycles. The smallest absolute Gasteiger partial charge is 0.336 e. The second-order valence-electron chi connectivity index (χ2n) is 35.1. The van der Waals surface area contributed by atoms with Crippen molar-refractivity contribution < 1.29 is 136 Å². The third-order valence-corrected chi connectivity index (χ3v) is 24.4. The number of rotatable bonds is 63. The maximum atomic E-state index is 14.8. The molecular weight excluding hydrogens is 1870 g/mol. The van der Waals surface area contributed by atoms with Crippen LogP contribution in [-0.4, -0.2) is 374 Å². The zero-order valence-corrected chi connectivity index (χ0v) is 80.5. The number of hydrogen-bond donors (Lipinski definition) is 26. The van der Waals surface area contributed by atoms with Gasteiger partial charge in [0.1, 0.15) is 96.7 Å². The fraction of sp³-hybridized carbons (Fsp3) is 0.729. The van der Waals surface area contributed by atoms with Crippen LogP contribution in [0.25, 0.3) is 0 Å². The number of nitrogens with two attached hydrogens (primary N) is 9. The maximum absolute atomic E-state index is 14.8. The highest BCUT2D eigenvalue weighted by atomic mass is 32.2. The van der Waals surface area contributed by atoms with Crippen LogP contribution in [0.2, 0.25) is 0 Å². The molecule has 0 aromatic heterocycles. The van der Waals surface area contributed by atoms with E-state index >= 15 is 0 Å². The molecule has 140 heavy (non-hydrogen) atoms. The number of likely N-dealkylation sites (tertiary alicyclic amines) is 4. The molecule has 0 aromatic rings. The minimum atomic E-state index is -2.27. The summed E-state index contributed by atoms with van der Waals surface area (Å²) < 4.78 is 5.12. The van der Waals surface area contributed by atoms with E-state index in [2.05, 4.69) is 63.5 Å². The molecule has 4 fully saturated rings. The molecular formula is C85H144N26O28S. The zero-order valence-electron chi connectivity index (χ0n) is 79.7. The Labute approximate surface area is 813 Å². The molecule has 55 heteroatoms. The molecule has 18 amide bonds. The van der Waals surface area contributed by atoms with E-state index in [-0.39, 0.29) is 161 Å². The Bertz CT molecular complexity index is 4320. The number of guanidine groups is 1. The number of unbranched alkanes of at least 4 members (excludes halogenated alkanes) is 3. The molecule has 0 saturated carbocycles. The lowest BCUT2D eigenvalue weighted by atomic mass is 10.0. The van der Waals surface area contributed by atoms with E-state index in [0.717, 1.165) is 16.7 Å². The molecule has 4 heterocycles. The third kappa shape index (κ3) is 39.1. The summed E-state index contributed by atoms with van der Waals surface area (Å²) in [7, 11) is 0. The van der Waals surface area contributed by atoms with Crippen LogP contribution in [0.15, 0.2) is 4.99 Å². The lowest BCUT2D eigenvalue weighted by Crippen LogP contribution is -2.61. The number of primary amides is 2. The Balaban J connectivity index is 1.53. The van der Waals surface area contributed by atoms with Crippen molar-refractivity contribution in [2.45, 2.75) is 309 Å². The van der Waals surface area contributed by atoms with E-state index in [1.165, 1.54) is 28.5 Å². The number of ether oxygens (including phenoxy) is 1. The molecule has 19 atom stereocenters. The number of aliphatic hydroxyl groups excluding tert-OH is 3. The monoisotopic (exact) mass is 2010 g/mol. The first-order chi connectivity index (χ1) is 66.2. The van der Waals surface area contributed by atoms with Gasteiger partial charge < -0.3 is 165 Å². The molecule has 4 aliphatic rings. The quantitative estimate of drug-likeness (QED) is 0.00884. The van der Waals surface area contributed by atoms with Gasteiger partial charge in [-0.25, -0.2) is 9.59 Å². The molecule has 0 bridgehead atoms. The van der Waals surface area contributed by atoms with Gasteiger partial charge in [0, 0.05) is 45.6 Å². The first kappa shape index (κ1) is 120. The maximum Gasteiger partial charge on any atom is 0.336 e. The van der Waals surface area contributed by atoms with Crippen LogP contribution >= 0.6 is 11.8 Å². The first-order valence-electron chi connectivity index (χ1n) is 46.9. The molecule has 35 N–H and O–H groups in total. The fourth-order valence-corrected chi connectivity index (χ4v) is 16.5. The normalized spacial score (nSPS) is 18.8. The van der Waals surface area contributed by atoms with Gasteiger partial charge in [0.05, 0.1) is 44.2 Å². The largest absolute Gasteiger partial charge is 0.481 e. The molecule has 1 unspecified atom stereocenters. The summed E-state index contributed by atoms with van der Waals surface area (Å²) in [4.78, 5) is 311. The lowest BCUT2D eigenvalue weighted by Gasteiger charge is -2.33. The number of carboxylic acids is 2. The fourth-order valence-electron chi connectivity index (χ4n) is 16.0. The SMILES string of the molecule is CSCC[C@H](NC(=O)[C@@H](N)CCCCN)C(=O)N[C@@H](CCC(N)=O)C(=O)N[C@H](C(=O)N[C@@H](CC(=O)O)C(=O)OC(=O)[C@@H]1CCCN1C(=O)[C@@H]1CCCN1C(=O)[C@H](CC(=O)O)NC(=O)[C@H](CCCN=C(N)N)NC(=O)[C@H](CCCCN)NC(=O)[C@H](CO)NC(=O)[C@@H]1CCCN1C(=O)[C@@H]1CCCN1C(=O)C(CCCCN)NC(=O)[C@H](CO)NC(=O)[C@H](CCC(N)=O)NC(=O)[C@@H](NC(=O)[C@H](C)N)C(C)C)[C@@H](C)O. The number of thioether (sulfide) groups is 1. The van der Waals surface area contributed by atoms with Crippen molar-refractivity contribution in [1.82, 2.24) is 83.4 Å². The number of esters is 2. The van der Waals surface area contributed by atoms with E-state index in [4.69, 9.17) is 56.3 Å². The van der Waals surface area contributed by atoms with Crippen LogP contribution in [0.5, 0.6) is 0 Å². The predicted molar refractivity (Wildman–Crippen MR) is 499 cm³/mol. The van der Waals surface area contributed by atoms with E-state index in [0.29, 0.717) is 31.6 Å². The number of carbonyl (C=O) groups excluding carboxylic acids is 20. The molecule has 0 spiro atoms. The van der Waals surface area contributed by atoms with Crippen LogP contribution < -0.4 is 115 Å². The average Bonchev–Trinajstić information content (AvgIpc) is 1.64. The van der Waals surface area contributed by atoms with Gasteiger partial charge in [-0.05, 0) is 186 Å². The Hall–Kier alpha value is -12.2. The average molecular weight is 2010 g/mol. The second kappa shape index (κ2) is 61.4. The third-order valence-electron chi connectivity index (χ3n) is 23.7. The van der Waals surface area contributed by atoms with Gasteiger partial charge in [-0.15, -0.1) is 0 Å². The molecule has 54 nitrogen and oxygen atoms in total. The van der Waals surface area contributed by atoms with Crippen molar-refractivity contribution in [1.29, 1.82) is 0 Å². The minimum absolute atomic E-state index is 0.00434. The standard InChI is InChI=1S/C85H144N26O28S/c1-43(2)65(106-67(121)44(3)89)77(131)100-49(25-27-61(91)115)71(125)104-55(41-112)75(129)101-52(19-8-11-32-88)79(133)109-35-14-22-58(109)81(135)108-34-13-21-57(108)76(130)105-56(42-113)74(128)98-47(18-7-10-31-87)69(123)97-48(20-12-33-95-85(93)94)70(124)102-53(39-63(117)118)80(134)110-36-15-23-59(110)82(136)111-37-16-24-60(111)84(138)139-83(137)54(40-64(119)120)103-78(132)66(45(4)114)107-73(127)50(26-28-62(92)116)99-72(126)51(29-38-140-5)96-68(122)46(90)17-6-9-30-86/h43-60,65-66,112-114H,6-42,86-90H2,1-5H3,(H2,91,115)(H2,92,116)(H,96,122)(H,97,123)(H,98,128)(H,99,126)(H,100,131)(H,101,129)(H,102,124)(H,103,132)(H,104,125)(H,105,130)(H,106,121)(H,107,127)(H,117,118)(H,119,120)(H4,93,94,95)/t44-,45+,46-,47-,48-,49-,50-,51-,52?,53-,54-,55-,56-,57-,58-,59-,60-,65-,66-/m0/s1. The van der Waals surface area contributed by atoms with E-state index in [9.17, 15) is 131 Å². The summed E-state index contributed by atoms with van der Waals surface area (Å²) in [6.45, 7) is 3.28. The van der Waals surface area contributed by atoms with Gasteiger partial charge in [0.15, 0.2) is 5.96 Å². The summed E-state index contributed by atoms with van der Waals surface area (Å²) >= 11 is 1.31. The topological polar surface area (TPSA) is 890 Å². The molecule has 4 aliphatic heterocycles.